The summed E-state index contributed by atoms with van der Waals surface area (Å²) in [6, 6.07) is 0. The Morgan fingerprint density at radius 1 is 1.36 bits per heavy atom. The third-order valence-corrected chi connectivity index (χ3v) is 3.96. The summed E-state index contributed by atoms with van der Waals surface area (Å²) in [5, 5.41) is 0.674. The molecule has 0 aliphatic rings. The van der Waals surface area contributed by atoms with Gasteiger partial charge in [-0.05, 0) is 19.4 Å². The van der Waals surface area contributed by atoms with Crippen LogP contribution in [0.3, 0.4) is 0 Å². The van der Waals surface area contributed by atoms with Crippen molar-refractivity contribution in [1.29, 1.82) is 0 Å². The van der Waals surface area contributed by atoms with Crippen LogP contribution in [0.5, 0.6) is 0 Å². The van der Waals surface area contributed by atoms with Crippen LogP contribution in [0.25, 0.3) is 10.2 Å². The maximum atomic E-state index is 11.9. The summed E-state index contributed by atoms with van der Waals surface area (Å²) in [7, 11) is 1.43. The Morgan fingerprint density at radius 3 is 2.82 bits per heavy atom. The van der Waals surface area contributed by atoms with Crippen molar-refractivity contribution in [2.45, 2.75) is 13.8 Å². The number of rotatable bonds is 6. The van der Waals surface area contributed by atoms with Gasteiger partial charge in [0.1, 0.15) is 22.6 Å². The van der Waals surface area contributed by atoms with Crippen LogP contribution in [0.1, 0.15) is 22.2 Å². The molecule has 0 spiro atoms. The molecule has 0 unspecified atom stereocenters. The number of esters is 1. The zero-order valence-corrected chi connectivity index (χ0v) is 13.2. The van der Waals surface area contributed by atoms with Gasteiger partial charge in [0.15, 0.2) is 5.82 Å². The molecule has 0 bridgehead atoms. The predicted molar refractivity (Wildman–Crippen MR) is 81.7 cm³/mol. The van der Waals surface area contributed by atoms with E-state index in [2.05, 4.69) is 20.8 Å². The zero-order valence-electron chi connectivity index (χ0n) is 12.4. The van der Waals surface area contributed by atoms with E-state index >= 15 is 0 Å². The highest BCUT2D eigenvalue weighted by atomic mass is 32.1. The van der Waals surface area contributed by atoms with Gasteiger partial charge in [0, 0.05) is 7.11 Å². The standard InChI is InChI=1S/C13H16N4O4S/c1-4-21-13(19)10-7(2)9-11(14-6-15-12(9)22-10)17-16-8(18)5-20-3/h6H,4-5H2,1-3H3,(H,16,18)(H,14,15,17). The molecule has 9 heteroatoms. The van der Waals surface area contributed by atoms with Gasteiger partial charge in [0.2, 0.25) is 0 Å². The molecule has 22 heavy (non-hydrogen) atoms. The maximum Gasteiger partial charge on any atom is 0.348 e. The monoisotopic (exact) mass is 324 g/mol. The van der Waals surface area contributed by atoms with Crippen molar-refractivity contribution < 1.29 is 19.1 Å². The van der Waals surface area contributed by atoms with Crippen molar-refractivity contribution in [2.75, 3.05) is 25.7 Å². The molecular weight excluding hydrogens is 308 g/mol. The molecule has 0 fully saturated rings. The summed E-state index contributed by atoms with van der Waals surface area (Å²) in [4.78, 5) is 32.7. The molecule has 0 aromatic carbocycles. The van der Waals surface area contributed by atoms with E-state index in [1.165, 1.54) is 24.8 Å². The first-order valence-electron chi connectivity index (χ1n) is 6.53. The fourth-order valence-corrected chi connectivity index (χ4v) is 2.90. The summed E-state index contributed by atoms with van der Waals surface area (Å²) in [6.45, 7) is 3.77. The fraction of sp³-hybridized carbons (Fsp3) is 0.385. The highest BCUT2D eigenvalue weighted by Gasteiger charge is 2.20. The van der Waals surface area contributed by atoms with E-state index in [-0.39, 0.29) is 12.5 Å². The van der Waals surface area contributed by atoms with Crippen LogP contribution in [0.4, 0.5) is 5.82 Å². The van der Waals surface area contributed by atoms with Gasteiger partial charge in [0.25, 0.3) is 5.91 Å². The molecular formula is C13H16N4O4S. The molecule has 1 amide bonds. The van der Waals surface area contributed by atoms with Crippen LogP contribution in [0.2, 0.25) is 0 Å². The van der Waals surface area contributed by atoms with E-state index in [9.17, 15) is 9.59 Å². The molecule has 0 radical (unpaired) electrons. The Bertz CT molecular complexity index is 701. The first-order valence-corrected chi connectivity index (χ1v) is 7.35. The topological polar surface area (TPSA) is 102 Å². The lowest BCUT2D eigenvalue weighted by molar-refractivity contribution is -0.124. The SMILES string of the molecule is CCOC(=O)c1sc2ncnc(NNC(=O)COC)c2c1C. The molecule has 2 heterocycles. The number of nitrogens with one attached hydrogen (secondary N) is 2. The number of aromatic nitrogens is 2. The number of fused-ring (bicyclic) bond motifs is 1. The van der Waals surface area contributed by atoms with Crippen LogP contribution >= 0.6 is 11.3 Å². The van der Waals surface area contributed by atoms with Crippen molar-refractivity contribution >= 4 is 39.2 Å². The summed E-state index contributed by atoms with van der Waals surface area (Å²) in [6.07, 6.45) is 1.36. The van der Waals surface area contributed by atoms with Crippen molar-refractivity contribution in [1.82, 2.24) is 15.4 Å². The molecule has 2 aromatic heterocycles. The Hall–Kier alpha value is -2.26. The zero-order chi connectivity index (χ0) is 16.1. The van der Waals surface area contributed by atoms with E-state index < -0.39 is 5.97 Å². The minimum Gasteiger partial charge on any atom is -0.462 e. The van der Waals surface area contributed by atoms with E-state index in [1.807, 2.05) is 0 Å². The Labute approximate surface area is 130 Å². The number of anilines is 1. The van der Waals surface area contributed by atoms with Gasteiger partial charge in [-0.15, -0.1) is 11.3 Å². The fourth-order valence-electron chi connectivity index (χ4n) is 1.85. The summed E-state index contributed by atoms with van der Waals surface area (Å²) >= 11 is 1.23. The number of ether oxygens (including phenoxy) is 2. The quantitative estimate of drug-likeness (QED) is 0.609. The van der Waals surface area contributed by atoms with Crippen LogP contribution in [0.15, 0.2) is 6.33 Å². The molecule has 0 atom stereocenters. The van der Waals surface area contributed by atoms with Crippen LogP contribution in [-0.2, 0) is 14.3 Å². The van der Waals surface area contributed by atoms with Crippen molar-refractivity contribution in [3.63, 3.8) is 0 Å². The number of hydrazine groups is 1. The van der Waals surface area contributed by atoms with Crippen LogP contribution in [-0.4, -0.2) is 42.2 Å². The largest absolute Gasteiger partial charge is 0.462 e. The third-order valence-electron chi connectivity index (χ3n) is 2.78. The first-order chi connectivity index (χ1) is 10.6. The molecule has 0 saturated carbocycles. The number of aryl methyl sites for hydroxylation is 1. The second kappa shape index (κ2) is 7.14. The van der Waals surface area contributed by atoms with Crippen molar-refractivity contribution in [2.24, 2.45) is 0 Å². The van der Waals surface area contributed by atoms with Crippen LogP contribution < -0.4 is 10.9 Å². The molecule has 0 aliphatic heterocycles. The second-order valence-corrected chi connectivity index (χ2v) is 5.28. The van der Waals surface area contributed by atoms with Crippen molar-refractivity contribution in [3.8, 4) is 0 Å². The molecule has 2 aromatic rings. The summed E-state index contributed by atoms with van der Waals surface area (Å²) in [5.74, 6) is -0.316. The minimum absolute atomic E-state index is 0.0715. The molecule has 0 saturated heterocycles. The van der Waals surface area contributed by atoms with Gasteiger partial charge in [-0.2, -0.15) is 0 Å². The molecule has 118 valence electrons. The smallest absolute Gasteiger partial charge is 0.348 e. The number of amides is 1. The Morgan fingerprint density at radius 2 is 2.14 bits per heavy atom. The van der Waals surface area contributed by atoms with E-state index in [1.54, 1.807) is 13.8 Å². The van der Waals surface area contributed by atoms with Crippen molar-refractivity contribution in [3.05, 3.63) is 16.8 Å². The highest BCUT2D eigenvalue weighted by molar-refractivity contribution is 7.20. The number of nitrogens with zero attached hydrogens (tertiary/aromatic N) is 2. The number of carbonyl (C=O) groups excluding carboxylic acids is 2. The van der Waals surface area contributed by atoms with Gasteiger partial charge in [0.05, 0.1) is 12.0 Å². The maximum absolute atomic E-state index is 11.9. The number of hydrogen-bond acceptors (Lipinski definition) is 8. The minimum atomic E-state index is -0.391. The number of hydrogen-bond donors (Lipinski definition) is 2. The highest BCUT2D eigenvalue weighted by Crippen LogP contribution is 2.33. The lowest BCUT2D eigenvalue weighted by Gasteiger charge is -2.08. The molecule has 2 N–H and O–H groups in total. The number of thiophene rings is 1. The van der Waals surface area contributed by atoms with Gasteiger partial charge < -0.3 is 9.47 Å². The lowest BCUT2D eigenvalue weighted by atomic mass is 10.2. The average Bonchev–Trinajstić information content (AvgIpc) is 2.84. The first kappa shape index (κ1) is 16.1. The summed E-state index contributed by atoms with van der Waals surface area (Å²) in [5.41, 5.74) is 5.90. The molecule has 8 nitrogen and oxygen atoms in total. The number of methoxy groups -OCH3 is 1. The Kier molecular flexibility index (Phi) is 5.23. The van der Waals surface area contributed by atoms with Gasteiger partial charge in [-0.3, -0.25) is 15.6 Å². The lowest BCUT2D eigenvalue weighted by Crippen LogP contribution is -2.32. The second-order valence-electron chi connectivity index (χ2n) is 4.29. The predicted octanol–water partition coefficient (Wildman–Crippen LogP) is 1.27. The normalized spacial score (nSPS) is 10.5. The van der Waals surface area contributed by atoms with Gasteiger partial charge >= 0.3 is 5.97 Å². The molecule has 0 aliphatic carbocycles. The van der Waals surface area contributed by atoms with Crippen LogP contribution in [0, 0.1) is 6.92 Å². The Balaban J connectivity index is 2.32. The summed E-state index contributed by atoms with van der Waals surface area (Å²) < 4.78 is 9.75. The van der Waals surface area contributed by atoms with E-state index in [0.717, 1.165) is 0 Å². The number of carbonyl (C=O) groups is 2. The van der Waals surface area contributed by atoms with Gasteiger partial charge in [-0.25, -0.2) is 14.8 Å². The third kappa shape index (κ3) is 3.31. The molecule has 2 rings (SSSR count). The average molecular weight is 324 g/mol. The van der Waals surface area contributed by atoms with Gasteiger partial charge in [-0.1, -0.05) is 0 Å². The van der Waals surface area contributed by atoms with E-state index in [0.29, 0.717) is 33.1 Å². The van der Waals surface area contributed by atoms with E-state index in [4.69, 9.17) is 9.47 Å².